The van der Waals surface area contributed by atoms with Gasteiger partial charge in [0.2, 0.25) is 10.0 Å². The van der Waals surface area contributed by atoms with Crippen LogP contribution in [0.15, 0.2) is 24.3 Å². The fourth-order valence-electron chi connectivity index (χ4n) is 2.73. The summed E-state index contributed by atoms with van der Waals surface area (Å²) in [6, 6.07) is 7.01. The van der Waals surface area contributed by atoms with Crippen LogP contribution in [0.4, 0.5) is 0 Å². The quantitative estimate of drug-likeness (QED) is 0.631. The van der Waals surface area contributed by atoms with Crippen LogP contribution in [0.3, 0.4) is 0 Å². The zero-order valence-electron chi connectivity index (χ0n) is 14.6. The van der Waals surface area contributed by atoms with Gasteiger partial charge in [-0.1, -0.05) is 12.1 Å². The fourth-order valence-corrected chi connectivity index (χ4v) is 3.32. The molecule has 0 radical (unpaired) electrons. The smallest absolute Gasteiger partial charge is 0.251 e. The van der Waals surface area contributed by atoms with E-state index in [-0.39, 0.29) is 30.6 Å². The highest BCUT2D eigenvalue weighted by atomic mass is 35.5. The lowest BCUT2D eigenvalue weighted by Crippen LogP contribution is -2.33. The summed E-state index contributed by atoms with van der Waals surface area (Å²) in [6.45, 7) is 4.66. The second-order valence-electron chi connectivity index (χ2n) is 6.18. The number of carbonyl (C=O) groups is 1. The van der Waals surface area contributed by atoms with Crippen LogP contribution >= 0.6 is 12.4 Å². The van der Waals surface area contributed by atoms with E-state index in [0.29, 0.717) is 18.0 Å². The summed E-state index contributed by atoms with van der Waals surface area (Å²) < 4.78 is 25.3. The Morgan fingerprint density at radius 2 is 2.00 bits per heavy atom. The van der Waals surface area contributed by atoms with Gasteiger partial charge >= 0.3 is 0 Å². The first-order valence-electron chi connectivity index (χ1n) is 8.55. The molecule has 3 N–H and O–H groups in total. The third-order valence-corrected chi connectivity index (χ3v) is 5.67. The van der Waals surface area contributed by atoms with E-state index in [0.717, 1.165) is 25.1 Å². The largest absolute Gasteiger partial charge is 0.352 e. The van der Waals surface area contributed by atoms with Gasteiger partial charge in [-0.05, 0) is 62.9 Å². The van der Waals surface area contributed by atoms with Crippen LogP contribution in [-0.2, 0) is 16.6 Å². The van der Waals surface area contributed by atoms with E-state index in [4.69, 9.17) is 0 Å². The van der Waals surface area contributed by atoms with Crippen molar-refractivity contribution in [2.45, 2.75) is 32.7 Å². The molecule has 1 aromatic carbocycles. The number of sulfonamides is 1. The molecule has 0 aromatic heterocycles. The van der Waals surface area contributed by atoms with Gasteiger partial charge < -0.3 is 10.6 Å². The first-order chi connectivity index (χ1) is 11.5. The zero-order valence-corrected chi connectivity index (χ0v) is 16.2. The molecule has 0 bridgehead atoms. The fraction of sp³-hybridized carbons (Fsp3) is 0.588. The predicted molar refractivity (Wildman–Crippen MR) is 103 cm³/mol. The molecule has 1 aliphatic heterocycles. The van der Waals surface area contributed by atoms with Crippen molar-refractivity contribution >= 4 is 28.3 Å². The van der Waals surface area contributed by atoms with Crippen molar-refractivity contribution in [3.63, 3.8) is 0 Å². The lowest BCUT2D eigenvalue weighted by Gasteiger charge is -2.22. The molecule has 1 atom stereocenters. The van der Waals surface area contributed by atoms with Gasteiger partial charge in [0, 0.05) is 18.7 Å². The van der Waals surface area contributed by atoms with Crippen LogP contribution in [0.2, 0.25) is 0 Å². The van der Waals surface area contributed by atoms with Gasteiger partial charge in [-0.3, -0.25) is 4.79 Å². The molecule has 1 unspecified atom stereocenters. The molecule has 8 heteroatoms. The number of hydrogen-bond acceptors (Lipinski definition) is 4. The molecular weight excluding hydrogens is 362 g/mol. The predicted octanol–water partition coefficient (Wildman–Crippen LogP) is 1.67. The Kier molecular flexibility index (Phi) is 9.42. The molecule has 1 heterocycles. The Hall–Kier alpha value is -1.15. The topological polar surface area (TPSA) is 87.3 Å². The number of halogens is 1. The van der Waals surface area contributed by atoms with Crippen LogP contribution in [0.5, 0.6) is 0 Å². The summed E-state index contributed by atoms with van der Waals surface area (Å²) in [4.78, 5) is 12.1. The van der Waals surface area contributed by atoms with Crippen molar-refractivity contribution < 1.29 is 13.2 Å². The Bertz CT molecular complexity index is 629. The number of hydrogen-bond donors (Lipinski definition) is 3. The molecule has 1 aromatic rings. The minimum atomic E-state index is -3.20. The van der Waals surface area contributed by atoms with E-state index >= 15 is 0 Å². The summed E-state index contributed by atoms with van der Waals surface area (Å²) in [7, 11) is -3.20. The minimum absolute atomic E-state index is 0. The second-order valence-corrected chi connectivity index (χ2v) is 8.27. The summed E-state index contributed by atoms with van der Waals surface area (Å²) in [6.07, 6.45) is 3.43. The van der Waals surface area contributed by atoms with Crippen LogP contribution in [0.25, 0.3) is 0 Å². The van der Waals surface area contributed by atoms with E-state index in [1.54, 1.807) is 31.2 Å². The summed E-state index contributed by atoms with van der Waals surface area (Å²) in [5, 5.41) is 6.33. The molecule has 2 rings (SSSR count). The van der Waals surface area contributed by atoms with Crippen LogP contribution < -0.4 is 15.4 Å². The van der Waals surface area contributed by atoms with Gasteiger partial charge in [-0.15, -0.1) is 12.4 Å². The molecule has 0 spiro atoms. The van der Waals surface area contributed by atoms with Crippen molar-refractivity contribution in [2.75, 3.05) is 25.4 Å². The van der Waals surface area contributed by atoms with Gasteiger partial charge in [0.1, 0.15) is 0 Å². The van der Waals surface area contributed by atoms with E-state index in [2.05, 4.69) is 15.4 Å². The van der Waals surface area contributed by atoms with E-state index in [1.165, 1.54) is 12.8 Å². The molecule has 25 heavy (non-hydrogen) atoms. The molecule has 1 aliphatic rings. The monoisotopic (exact) mass is 389 g/mol. The van der Waals surface area contributed by atoms with E-state index in [9.17, 15) is 13.2 Å². The first kappa shape index (κ1) is 21.9. The van der Waals surface area contributed by atoms with E-state index in [1.807, 2.05) is 0 Å². The number of piperidine rings is 1. The highest BCUT2D eigenvalue weighted by Crippen LogP contribution is 2.13. The van der Waals surface area contributed by atoms with E-state index < -0.39 is 10.0 Å². The van der Waals surface area contributed by atoms with Crippen LogP contribution in [0, 0.1) is 5.92 Å². The average molecular weight is 390 g/mol. The normalized spacial score (nSPS) is 17.6. The Labute approximate surface area is 156 Å². The Balaban J connectivity index is 0.00000312. The molecule has 1 fully saturated rings. The molecule has 1 amide bonds. The SMILES string of the molecule is CCS(=O)(=O)NCc1ccc(C(=O)NCCC2CCCNC2)cc1.Cl. The first-order valence-corrected chi connectivity index (χ1v) is 10.2. The van der Waals surface area contributed by atoms with Crippen LogP contribution in [-0.4, -0.2) is 39.7 Å². The van der Waals surface area contributed by atoms with Gasteiger partial charge in [0.15, 0.2) is 0 Å². The summed E-state index contributed by atoms with van der Waals surface area (Å²) >= 11 is 0. The summed E-state index contributed by atoms with van der Waals surface area (Å²) in [5.41, 5.74) is 1.43. The third-order valence-electron chi connectivity index (χ3n) is 4.33. The molecule has 6 nitrogen and oxygen atoms in total. The maximum Gasteiger partial charge on any atom is 0.251 e. The second kappa shape index (κ2) is 10.8. The maximum atomic E-state index is 12.1. The molecule has 0 saturated carbocycles. The molecular formula is C17H28ClN3O3S. The van der Waals surface area contributed by atoms with Crippen molar-refractivity contribution in [1.82, 2.24) is 15.4 Å². The number of nitrogens with one attached hydrogen (secondary N) is 3. The maximum absolute atomic E-state index is 12.1. The van der Waals surface area contributed by atoms with Gasteiger partial charge in [-0.25, -0.2) is 13.1 Å². The number of carbonyl (C=O) groups excluding carboxylic acids is 1. The number of rotatable bonds is 8. The Morgan fingerprint density at radius 1 is 1.28 bits per heavy atom. The summed E-state index contributed by atoms with van der Waals surface area (Å²) in [5.74, 6) is 0.622. The average Bonchev–Trinajstić information content (AvgIpc) is 2.61. The standard InChI is InChI=1S/C17H27N3O3S.ClH/c1-2-24(22,23)20-13-15-5-7-16(8-6-15)17(21)19-11-9-14-4-3-10-18-12-14;/h5-8,14,18,20H,2-4,9-13H2,1H3,(H,19,21);1H. The molecule has 1 saturated heterocycles. The van der Waals surface area contributed by atoms with Crippen molar-refractivity contribution in [3.05, 3.63) is 35.4 Å². The molecule has 142 valence electrons. The Morgan fingerprint density at radius 3 is 2.60 bits per heavy atom. The van der Waals surface area contributed by atoms with Gasteiger partial charge in [-0.2, -0.15) is 0 Å². The third kappa shape index (κ3) is 7.73. The van der Waals surface area contributed by atoms with Gasteiger partial charge in [0.05, 0.1) is 5.75 Å². The highest BCUT2D eigenvalue weighted by Gasteiger charge is 2.13. The van der Waals surface area contributed by atoms with Crippen molar-refractivity contribution in [1.29, 1.82) is 0 Å². The lowest BCUT2D eigenvalue weighted by atomic mass is 9.96. The zero-order chi connectivity index (χ0) is 17.4. The number of benzene rings is 1. The highest BCUT2D eigenvalue weighted by molar-refractivity contribution is 7.89. The van der Waals surface area contributed by atoms with Crippen LogP contribution in [0.1, 0.15) is 42.1 Å². The van der Waals surface area contributed by atoms with Gasteiger partial charge in [0.25, 0.3) is 5.91 Å². The lowest BCUT2D eigenvalue weighted by molar-refractivity contribution is 0.0950. The van der Waals surface area contributed by atoms with Crippen molar-refractivity contribution in [2.24, 2.45) is 5.92 Å². The van der Waals surface area contributed by atoms with Crippen molar-refractivity contribution in [3.8, 4) is 0 Å². The minimum Gasteiger partial charge on any atom is -0.352 e. The number of amides is 1. The molecule has 0 aliphatic carbocycles.